The van der Waals surface area contributed by atoms with Gasteiger partial charge in [-0.25, -0.2) is 4.98 Å². The Morgan fingerprint density at radius 2 is 1.72 bits per heavy atom. The number of hydrogen-bond acceptors (Lipinski definition) is 2. The molecule has 132 valence electrons. The van der Waals surface area contributed by atoms with E-state index in [0.717, 1.165) is 29.9 Å². The molecule has 1 aromatic heterocycles. The number of likely N-dealkylation sites (tertiary alicyclic amines) is 1. The van der Waals surface area contributed by atoms with Gasteiger partial charge in [-0.3, -0.25) is 4.79 Å². The van der Waals surface area contributed by atoms with Crippen molar-refractivity contribution in [2.75, 3.05) is 13.1 Å². The van der Waals surface area contributed by atoms with Crippen molar-refractivity contribution in [2.24, 2.45) is 46.8 Å². The number of amides is 1. The number of nitrogens with zero attached hydrogens (tertiary/aromatic N) is 2. The van der Waals surface area contributed by atoms with Gasteiger partial charge in [-0.15, -0.1) is 0 Å². The van der Waals surface area contributed by atoms with E-state index in [4.69, 9.17) is 0 Å². The number of halogens is 3. The van der Waals surface area contributed by atoms with Crippen LogP contribution in [-0.4, -0.2) is 33.9 Å². The van der Waals surface area contributed by atoms with Crippen molar-refractivity contribution in [1.82, 2.24) is 14.9 Å². The van der Waals surface area contributed by atoms with E-state index in [1.165, 1.54) is 0 Å². The van der Waals surface area contributed by atoms with Crippen LogP contribution >= 0.6 is 0 Å². The van der Waals surface area contributed by atoms with E-state index in [-0.39, 0.29) is 11.3 Å². The van der Waals surface area contributed by atoms with Gasteiger partial charge in [0.1, 0.15) is 11.5 Å². The highest BCUT2D eigenvalue weighted by Crippen LogP contribution is 3.06. The summed E-state index contributed by atoms with van der Waals surface area (Å²) < 4.78 is 38.1. The standard InChI is InChI=1S/C18H18F3N3O/c19-18(20,21)7-5-22-15(23-7)6-1-3-24(4-2-6)16(25)17-12-9-8-10(12)14(17)11(8)13(9)17/h5-6,8-14H,1-4H2,(H,22,23). The zero-order valence-electron chi connectivity index (χ0n) is 13.5. The third-order valence-corrected chi connectivity index (χ3v) is 8.92. The number of piperidine rings is 1. The van der Waals surface area contributed by atoms with Gasteiger partial charge in [-0.2, -0.15) is 13.2 Å². The van der Waals surface area contributed by atoms with Gasteiger partial charge in [0.2, 0.25) is 5.91 Å². The molecular formula is C18H18F3N3O. The molecule has 1 aliphatic heterocycles. The predicted molar refractivity (Wildman–Crippen MR) is 79.0 cm³/mol. The molecule has 7 heteroatoms. The van der Waals surface area contributed by atoms with Crippen LogP contribution in [-0.2, 0) is 11.0 Å². The van der Waals surface area contributed by atoms with E-state index < -0.39 is 11.9 Å². The summed E-state index contributed by atoms with van der Waals surface area (Å²) in [5.74, 6) is 6.60. The first-order valence-corrected chi connectivity index (χ1v) is 9.37. The van der Waals surface area contributed by atoms with Crippen molar-refractivity contribution in [1.29, 1.82) is 0 Å². The monoisotopic (exact) mass is 349 g/mol. The Balaban J connectivity index is 1.05. The Morgan fingerprint density at radius 3 is 2.24 bits per heavy atom. The number of carbonyl (C=O) groups excluding carboxylic acids is 1. The largest absolute Gasteiger partial charge is 0.432 e. The lowest BCUT2D eigenvalue weighted by Crippen LogP contribution is -3.07. The summed E-state index contributed by atoms with van der Waals surface area (Å²) in [5.41, 5.74) is -0.746. The van der Waals surface area contributed by atoms with Crippen LogP contribution in [0.1, 0.15) is 30.3 Å². The zero-order valence-corrected chi connectivity index (χ0v) is 13.5. The number of aromatic nitrogens is 2. The molecule has 0 radical (unpaired) electrons. The average molecular weight is 349 g/mol. The number of H-pyrrole nitrogens is 1. The molecule has 1 N–H and O–H groups in total. The molecule has 0 unspecified atom stereocenters. The van der Waals surface area contributed by atoms with E-state index in [1.54, 1.807) is 0 Å². The summed E-state index contributed by atoms with van der Waals surface area (Å²) in [6.07, 6.45) is -2.10. The number of rotatable bonds is 2. The van der Waals surface area contributed by atoms with Crippen LogP contribution < -0.4 is 0 Å². The molecule has 7 aliphatic rings. The van der Waals surface area contributed by atoms with Gasteiger partial charge >= 0.3 is 6.18 Å². The minimum Gasteiger partial charge on any atom is -0.342 e. The Kier molecular flexibility index (Phi) is 1.98. The minimum absolute atomic E-state index is 0.0100. The van der Waals surface area contributed by atoms with Gasteiger partial charge in [0.15, 0.2) is 0 Å². The van der Waals surface area contributed by atoms with Crippen LogP contribution in [0, 0.1) is 46.8 Å². The fraction of sp³-hybridized carbons (Fsp3) is 0.778. The first kappa shape index (κ1) is 13.6. The lowest BCUT2D eigenvalue weighted by Gasteiger charge is -3.06. The number of alkyl halides is 3. The van der Waals surface area contributed by atoms with E-state index in [0.29, 0.717) is 55.4 Å². The second-order valence-electron chi connectivity index (χ2n) is 9.07. The van der Waals surface area contributed by atoms with Crippen molar-refractivity contribution in [3.8, 4) is 0 Å². The van der Waals surface area contributed by atoms with Gasteiger partial charge in [0.25, 0.3) is 0 Å². The van der Waals surface area contributed by atoms with Crippen LogP contribution in [0.2, 0.25) is 0 Å². The molecule has 6 saturated carbocycles. The zero-order chi connectivity index (χ0) is 16.9. The highest BCUT2D eigenvalue weighted by Gasteiger charge is 3.06. The normalized spacial score (nSPS) is 50.8. The molecule has 1 amide bonds. The Hall–Kier alpha value is -1.53. The summed E-state index contributed by atoms with van der Waals surface area (Å²) >= 11 is 0. The maximum atomic E-state index is 13.1. The molecule has 6 aliphatic carbocycles. The van der Waals surface area contributed by atoms with Crippen LogP contribution in [0.25, 0.3) is 0 Å². The van der Waals surface area contributed by atoms with E-state index in [1.807, 2.05) is 4.90 Å². The first-order chi connectivity index (χ1) is 12.0. The molecule has 4 nitrogen and oxygen atoms in total. The van der Waals surface area contributed by atoms with Crippen molar-refractivity contribution in [3.05, 3.63) is 17.7 Å². The number of aromatic amines is 1. The summed E-state index contributed by atoms with van der Waals surface area (Å²) in [6, 6.07) is 0. The molecule has 25 heavy (non-hydrogen) atoms. The maximum Gasteiger partial charge on any atom is 0.432 e. The lowest BCUT2D eigenvalue weighted by molar-refractivity contribution is -0.597. The smallest absolute Gasteiger partial charge is 0.342 e. The second kappa shape index (κ2) is 3.62. The molecule has 7 fully saturated rings. The first-order valence-electron chi connectivity index (χ1n) is 9.37. The molecule has 0 aromatic carbocycles. The quantitative estimate of drug-likeness (QED) is 0.892. The Morgan fingerprint density at radius 1 is 1.12 bits per heavy atom. The molecule has 1 aromatic rings. The number of imidazole rings is 1. The number of carbonyl (C=O) groups is 1. The molecule has 1 saturated heterocycles. The summed E-state index contributed by atoms with van der Waals surface area (Å²) in [6.45, 7) is 1.31. The van der Waals surface area contributed by atoms with Gasteiger partial charge in [0.05, 0.1) is 11.6 Å². The SMILES string of the molecule is O=C(N1CCC(c2ncc(C(F)(F)F)[nH]2)CC1)C12C3C4C5C3C1C5C42. The number of hydrogen-bond donors (Lipinski definition) is 1. The Labute approximate surface area is 142 Å². The van der Waals surface area contributed by atoms with Crippen LogP contribution in [0.5, 0.6) is 0 Å². The number of nitrogens with one attached hydrogen (secondary N) is 1. The molecule has 2 heterocycles. The topological polar surface area (TPSA) is 49.0 Å². The minimum atomic E-state index is -4.38. The predicted octanol–water partition coefficient (Wildman–Crippen LogP) is 2.50. The third-order valence-electron chi connectivity index (χ3n) is 8.92. The second-order valence-corrected chi connectivity index (χ2v) is 9.07. The summed E-state index contributed by atoms with van der Waals surface area (Å²) in [4.78, 5) is 21.5. The van der Waals surface area contributed by atoms with E-state index >= 15 is 0 Å². The maximum absolute atomic E-state index is 13.1. The molecule has 0 spiro atoms. The average Bonchev–Trinajstić information content (AvgIpc) is 3.12. The molecule has 0 bridgehead atoms. The van der Waals surface area contributed by atoms with Gasteiger partial charge < -0.3 is 9.88 Å². The van der Waals surface area contributed by atoms with Gasteiger partial charge in [-0.1, -0.05) is 0 Å². The molecule has 8 rings (SSSR count). The van der Waals surface area contributed by atoms with Crippen LogP contribution in [0.4, 0.5) is 13.2 Å². The highest BCUT2D eigenvalue weighted by atomic mass is 19.4. The fourth-order valence-electron chi connectivity index (χ4n) is 8.18. The molecular weight excluding hydrogens is 331 g/mol. The van der Waals surface area contributed by atoms with Crippen molar-refractivity contribution >= 4 is 5.91 Å². The van der Waals surface area contributed by atoms with Crippen LogP contribution in [0.15, 0.2) is 6.20 Å². The summed E-state index contributed by atoms with van der Waals surface area (Å²) in [5, 5.41) is 0. The van der Waals surface area contributed by atoms with Crippen molar-refractivity contribution in [3.63, 3.8) is 0 Å². The summed E-state index contributed by atoms with van der Waals surface area (Å²) in [7, 11) is 0. The highest BCUT2D eigenvalue weighted by molar-refractivity contribution is 5.91. The van der Waals surface area contributed by atoms with E-state index in [2.05, 4.69) is 9.97 Å². The van der Waals surface area contributed by atoms with Gasteiger partial charge in [0, 0.05) is 19.0 Å². The van der Waals surface area contributed by atoms with E-state index in [9.17, 15) is 18.0 Å². The Bertz CT molecular complexity index is 771. The lowest BCUT2D eigenvalue weighted by atomic mass is 8.96. The fourth-order valence-corrected chi connectivity index (χ4v) is 8.18. The molecule has 0 atom stereocenters. The van der Waals surface area contributed by atoms with Crippen LogP contribution in [0.3, 0.4) is 0 Å². The third kappa shape index (κ3) is 1.13. The van der Waals surface area contributed by atoms with Gasteiger partial charge in [-0.05, 0) is 54.3 Å². The van der Waals surface area contributed by atoms with Crippen molar-refractivity contribution < 1.29 is 18.0 Å². The van der Waals surface area contributed by atoms with Crippen molar-refractivity contribution in [2.45, 2.75) is 24.9 Å².